The molecule has 1 amide bonds. The molecule has 0 saturated carbocycles. The van der Waals surface area contributed by atoms with Gasteiger partial charge in [0.15, 0.2) is 0 Å². The van der Waals surface area contributed by atoms with Crippen LogP contribution in [0.15, 0.2) is 23.1 Å². The van der Waals surface area contributed by atoms with Gasteiger partial charge in [-0.3, -0.25) is 4.79 Å². The Bertz CT molecular complexity index is 650. The van der Waals surface area contributed by atoms with Gasteiger partial charge in [-0.2, -0.15) is 0 Å². The first-order valence-corrected chi connectivity index (χ1v) is 8.66. The van der Waals surface area contributed by atoms with Crippen LogP contribution in [0.3, 0.4) is 0 Å². The molecule has 0 bridgehead atoms. The van der Waals surface area contributed by atoms with Crippen LogP contribution in [0.2, 0.25) is 0 Å². The van der Waals surface area contributed by atoms with Gasteiger partial charge in [0.1, 0.15) is 5.82 Å². The van der Waals surface area contributed by atoms with E-state index in [0.717, 1.165) is 24.6 Å². The van der Waals surface area contributed by atoms with Crippen molar-refractivity contribution in [2.24, 2.45) is 5.92 Å². The molecule has 1 fully saturated rings. The van der Waals surface area contributed by atoms with Gasteiger partial charge in [-0.05, 0) is 24.6 Å². The summed E-state index contributed by atoms with van der Waals surface area (Å²) in [6.07, 6.45) is 0.801. The Kier molecular flexibility index (Phi) is 4.85. The van der Waals surface area contributed by atoms with Crippen LogP contribution in [0, 0.1) is 11.7 Å². The molecule has 0 radical (unpaired) electrons. The number of hydrogen-bond donors (Lipinski definition) is 0. The first-order chi connectivity index (χ1) is 9.82. The second-order valence-corrected chi connectivity index (χ2v) is 7.51. The molecule has 1 heterocycles. The van der Waals surface area contributed by atoms with Crippen LogP contribution < -0.4 is 0 Å². The number of halogens is 2. The Morgan fingerprint density at radius 2 is 2.24 bits per heavy atom. The molecule has 21 heavy (non-hydrogen) atoms. The minimum atomic E-state index is -4.01. The second-order valence-electron chi connectivity index (χ2n) is 4.94. The number of carbonyl (C=O) groups excluding carboxylic acids is 1. The normalized spacial score (nSPS) is 19.0. The zero-order valence-electron chi connectivity index (χ0n) is 11.4. The summed E-state index contributed by atoms with van der Waals surface area (Å²) in [5.74, 6) is -1.11. The van der Waals surface area contributed by atoms with Crippen LogP contribution in [-0.2, 0) is 13.8 Å². The molecule has 1 unspecified atom stereocenters. The Labute approximate surface area is 127 Å². The van der Waals surface area contributed by atoms with Crippen molar-refractivity contribution in [3.05, 3.63) is 29.6 Å². The largest absolute Gasteiger partial charge is 0.384 e. The summed E-state index contributed by atoms with van der Waals surface area (Å²) in [4.78, 5) is 13.4. The predicted molar refractivity (Wildman–Crippen MR) is 75.3 cm³/mol. The zero-order valence-corrected chi connectivity index (χ0v) is 13.0. The highest BCUT2D eigenvalue weighted by atomic mass is 35.7. The van der Waals surface area contributed by atoms with E-state index in [1.54, 1.807) is 7.11 Å². The SMILES string of the molecule is COCC1CCN(C(=O)c2ccc(S(=O)(=O)Cl)cc2F)C1. The average molecular weight is 336 g/mol. The van der Waals surface area contributed by atoms with Crippen molar-refractivity contribution in [3.63, 3.8) is 0 Å². The third-order valence-corrected chi connectivity index (χ3v) is 4.78. The van der Waals surface area contributed by atoms with Crippen LogP contribution in [0.4, 0.5) is 4.39 Å². The Morgan fingerprint density at radius 1 is 1.52 bits per heavy atom. The molecule has 1 atom stereocenters. The lowest BCUT2D eigenvalue weighted by molar-refractivity contribution is 0.0770. The highest BCUT2D eigenvalue weighted by molar-refractivity contribution is 8.13. The summed E-state index contributed by atoms with van der Waals surface area (Å²) in [6.45, 7) is 1.58. The molecule has 0 spiro atoms. The number of methoxy groups -OCH3 is 1. The topological polar surface area (TPSA) is 63.7 Å². The van der Waals surface area contributed by atoms with E-state index in [4.69, 9.17) is 15.4 Å². The molecule has 0 N–H and O–H groups in total. The quantitative estimate of drug-likeness (QED) is 0.788. The maximum atomic E-state index is 13.9. The Morgan fingerprint density at radius 3 is 2.81 bits per heavy atom. The standard InChI is InChI=1S/C13H15ClFNO4S/c1-20-8-9-4-5-16(7-9)13(17)11-3-2-10(6-12(11)15)21(14,18)19/h2-3,6,9H,4-5,7-8H2,1H3. The van der Waals surface area contributed by atoms with Gasteiger partial charge < -0.3 is 9.64 Å². The lowest BCUT2D eigenvalue weighted by Crippen LogP contribution is -2.30. The maximum Gasteiger partial charge on any atom is 0.261 e. The van der Waals surface area contributed by atoms with Crippen LogP contribution in [-0.4, -0.2) is 46.0 Å². The molecule has 1 aliphatic heterocycles. The summed E-state index contributed by atoms with van der Waals surface area (Å²) < 4.78 is 41.2. The van der Waals surface area contributed by atoms with Gasteiger partial charge in [0.2, 0.25) is 0 Å². The van der Waals surface area contributed by atoms with Crippen LogP contribution in [0.5, 0.6) is 0 Å². The molecule has 1 aromatic rings. The number of nitrogens with zero attached hydrogens (tertiary/aromatic N) is 1. The predicted octanol–water partition coefficient (Wildman–Crippen LogP) is 1.86. The fourth-order valence-corrected chi connectivity index (χ4v) is 3.14. The molecule has 0 aliphatic carbocycles. The lowest BCUT2D eigenvalue weighted by atomic mass is 10.1. The summed E-state index contributed by atoms with van der Waals surface area (Å²) in [7, 11) is 2.72. The molecule has 2 rings (SSSR count). The Balaban J connectivity index is 2.17. The minimum Gasteiger partial charge on any atom is -0.384 e. The molecule has 0 aromatic heterocycles. The number of benzene rings is 1. The summed E-state index contributed by atoms with van der Waals surface area (Å²) in [5.41, 5.74) is -0.155. The summed E-state index contributed by atoms with van der Waals surface area (Å²) in [5, 5.41) is 0. The van der Waals surface area contributed by atoms with Crippen LogP contribution >= 0.6 is 10.7 Å². The third kappa shape index (κ3) is 3.72. The van der Waals surface area contributed by atoms with Crippen molar-refractivity contribution in [3.8, 4) is 0 Å². The molecule has 116 valence electrons. The highest BCUT2D eigenvalue weighted by Gasteiger charge is 2.28. The van der Waals surface area contributed by atoms with Crippen molar-refractivity contribution >= 4 is 25.6 Å². The van der Waals surface area contributed by atoms with E-state index in [1.165, 1.54) is 4.90 Å². The van der Waals surface area contributed by atoms with Crippen molar-refractivity contribution in [2.75, 3.05) is 26.8 Å². The van der Waals surface area contributed by atoms with Gasteiger partial charge in [-0.1, -0.05) is 0 Å². The first-order valence-electron chi connectivity index (χ1n) is 6.35. The molecular weight excluding hydrogens is 321 g/mol. The van der Waals surface area contributed by atoms with Crippen molar-refractivity contribution < 1.29 is 22.3 Å². The lowest BCUT2D eigenvalue weighted by Gasteiger charge is -2.17. The van der Waals surface area contributed by atoms with Crippen LogP contribution in [0.1, 0.15) is 16.8 Å². The molecule has 8 heteroatoms. The molecule has 1 aliphatic rings. The smallest absolute Gasteiger partial charge is 0.261 e. The molecule has 1 aromatic carbocycles. The Hall–Kier alpha value is -1.18. The number of ether oxygens (including phenoxy) is 1. The number of hydrogen-bond acceptors (Lipinski definition) is 4. The van der Waals surface area contributed by atoms with Gasteiger partial charge in [-0.15, -0.1) is 0 Å². The van der Waals surface area contributed by atoms with E-state index in [0.29, 0.717) is 19.7 Å². The monoisotopic (exact) mass is 335 g/mol. The van der Waals surface area contributed by atoms with Crippen LogP contribution in [0.25, 0.3) is 0 Å². The van der Waals surface area contributed by atoms with Gasteiger partial charge >= 0.3 is 0 Å². The van der Waals surface area contributed by atoms with Gasteiger partial charge in [0.25, 0.3) is 15.0 Å². The van der Waals surface area contributed by atoms with Gasteiger partial charge in [0.05, 0.1) is 17.1 Å². The van der Waals surface area contributed by atoms with E-state index in [9.17, 15) is 17.6 Å². The summed E-state index contributed by atoms with van der Waals surface area (Å²) in [6, 6.07) is 3.04. The number of amides is 1. The second kappa shape index (κ2) is 6.29. The third-order valence-electron chi connectivity index (χ3n) is 3.43. The van der Waals surface area contributed by atoms with Crippen molar-refractivity contribution in [2.45, 2.75) is 11.3 Å². The van der Waals surface area contributed by atoms with E-state index in [2.05, 4.69) is 0 Å². The number of rotatable bonds is 4. The number of likely N-dealkylation sites (tertiary alicyclic amines) is 1. The first kappa shape index (κ1) is 16.2. The highest BCUT2D eigenvalue weighted by Crippen LogP contribution is 2.23. The van der Waals surface area contributed by atoms with E-state index in [1.807, 2.05) is 0 Å². The molecule has 1 saturated heterocycles. The summed E-state index contributed by atoms with van der Waals surface area (Å²) >= 11 is 0. The maximum absolute atomic E-state index is 13.9. The molecule has 5 nitrogen and oxygen atoms in total. The molecular formula is C13H15ClFNO4S. The van der Waals surface area contributed by atoms with Gasteiger partial charge in [0, 0.05) is 36.8 Å². The fourth-order valence-electron chi connectivity index (χ4n) is 2.38. The van der Waals surface area contributed by atoms with Crippen molar-refractivity contribution in [1.29, 1.82) is 0 Å². The van der Waals surface area contributed by atoms with Crippen molar-refractivity contribution in [1.82, 2.24) is 4.90 Å². The van der Waals surface area contributed by atoms with E-state index < -0.39 is 20.8 Å². The van der Waals surface area contributed by atoms with E-state index >= 15 is 0 Å². The minimum absolute atomic E-state index is 0.155. The average Bonchev–Trinajstić information content (AvgIpc) is 2.86. The zero-order chi connectivity index (χ0) is 15.6. The number of carbonyl (C=O) groups is 1. The van der Waals surface area contributed by atoms with Gasteiger partial charge in [-0.25, -0.2) is 12.8 Å². The van der Waals surface area contributed by atoms with E-state index in [-0.39, 0.29) is 16.4 Å². The fraction of sp³-hybridized carbons (Fsp3) is 0.462.